The molecule has 1 unspecified atom stereocenters. The molecule has 0 aromatic carbocycles. The van der Waals surface area contributed by atoms with E-state index in [-0.39, 0.29) is 75.8 Å². The van der Waals surface area contributed by atoms with Crippen LogP contribution in [-0.2, 0) is 13.8 Å². The SMILES string of the molecule is O.O=c1[nH]cnc2c1ncn2[C@@H]1O[C@H](COP(=O)([O-])[O-])C(O)[C@@H]1O.[Na+].[Na+]. The molecule has 0 saturated carbocycles. The van der Waals surface area contributed by atoms with E-state index in [9.17, 15) is 29.4 Å². The fourth-order valence-corrected chi connectivity index (χ4v) is 2.64. The Morgan fingerprint density at radius 1 is 1.31 bits per heavy atom. The van der Waals surface area contributed by atoms with Crippen LogP contribution in [0.1, 0.15) is 6.23 Å². The zero-order chi connectivity index (χ0) is 16.8. The average Bonchev–Trinajstić information content (AvgIpc) is 3.01. The predicted molar refractivity (Wildman–Crippen MR) is 71.2 cm³/mol. The topological polar surface area (TPSA) is 217 Å². The van der Waals surface area contributed by atoms with E-state index < -0.39 is 44.5 Å². The predicted octanol–water partition coefficient (Wildman–Crippen LogP) is -10.2. The molecule has 0 bridgehead atoms. The van der Waals surface area contributed by atoms with Crippen molar-refractivity contribution < 1.29 is 98.4 Å². The first-order chi connectivity index (χ1) is 10.8. The summed E-state index contributed by atoms with van der Waals surface area (Å²) in [6.07, 6.45) is -3.11. The van der Waals surface area contributed by atoms with Crippen molar-refractivity contribution in [3.8, 4) is 0 Å². The van der Waals surface area contributed by atoms with Crippen LogP contribution in [0.25, 0.3) is 11.2 Å². The van der Waals surface area contributed by atoms with E-state index in [0.29, 0.717) is 0 Å². The Kier molecular flexibility index (Phi) is 10.3. The fourth-order valence-electron chi connectivity index (χ4n) is 2.31. The first kappa shape index (κ1) is 26.3. The van der Waals surface area contributed by atoms with Crippen molar-refractivity contribution in [1.82, 2.24) is 19.5 Å². The van der Waals surface area contributed by atoms with Gasteiger partial charge in [0.2, 0.25) is 0 Å². The minimum Gasteiger partial charge on any atom is -0.790 e. The van der Waals surface area contributed by atoms with Gasteiger partial charge in [-0.25, -0.2) is 9.97 Å². The molecule has 1 aliphatic rings. The Morgan fingerprint density at radius 2 is 1.96 bits per heavy atom. The summed E-state index contributed by atoms with van der Waals surface area (Å²) in [5, 5.41) is 19.9. The van der Waals surface area contributed by atoms with Gasteiger partial charge in [0.25, 0.3) is 5.56 Å². The van der Waals surface area contributed by atoms with E-state index >= 15 is 0 Å². The van der Waals surface area contributed by atoms with Gasteiger partial charge < -0.3 is 44.3 Å². The van der Waals surface area contributed by atoms with E-state index in [1.165, 1.54) is 10.9 Å². The number of aromatic nitrogens is 4. The number of aliphatic hydroxyl groups is 2. The first-order valence-corrected chi connectivity index (χ1v) is 7.82. The summed E-state index contributed by atoms with van der Waals surface area (Å²) in [5.74, 6) is 0. The number of aromatic amines is 1. The van der Waals surface area contributed by atoms with Crippen LogP contribution in [0.2, 0.25) is 0 Å². The average molecular weight is 410 g/mol. The number of rotatable bonds is 4. The van der Waals surface area contributed by atoms with Crippen LogP contribution in [0, 0.1) is 0 Å². The van der Waals surface area contributed by atoms with Crippen LogP contribution < -0.4 is 74.5 Å². The Labute approximate surface area is 189 Å². The summed E-state index contributed by atoms with van der Waals surface area (Å²) in [5.41, 5.74) is -0.397. The van der Waals surface area contributed by atoms with Crippen LogP contribution >= 0.6 is 7.82 Å². The van der Waals surface area contributed by atoms with Gasteiger partial charge >= 0.3 is 59.1 Å². The van der Waals surface area contributed by atoms with Crippen LogP contribution in [0.3, 0.4) is 0 Å². The van der Waals surface area contributed by atoms with Crippen LogP contribution in [0.5, 0.6) is 0 Å². The number of hydrogen-bond acceptors (Lipinski definition) is 10. The van der Waals surface area contributed by atoms with Crippen molar-refractivity contribution in [3.05, 3.63) is 23.0 Å². The minimum absolute atomic E-state index is 0. The molecular weight excluding hydrogens is 397 g/mol. The maximum atomic E-state index is 11.6. The van der Waals surface area contributed by atoms with Gasteiger partial charge in [-0.15, -0.1) is 0 Å². The summed E-state index contributed by atoms with van der Waals surface area (Å²) in [4.78, 5) is 42.6. The normalized spacial score (nSPS) is 25.2. The number of imidazole rings is 1. The van der Waals surface area contributed by atoms with Crippen molar-refractivity contribution in [2.75, 3.05) is 6.61 Å². The molecule has 0 aliphatic carbocycles. The molecule has 0 spiro atoms. The Bertz CT molecular complexity index is 826. The number of H-pyrrole nitrogens is 1. The number of phosphoric acid groups is 1. The molecule has 1 saturated heterocycles. The van der Waals surface area contributed by atoms with Gasteiger partial charge in [0, 0.05) is 0 Å². The number of phosphoric ester groups is 1. The molecular formula is C10H13N4Na2O9P. The van der Waals surface area contributed by atoms with Crippen molar-refractivity contribution in [2.45, 2.75) is 24.5 Å². The van der Waals surface area contributed by atoms with E-state index in [2.05, 4.69) is 19.5 Å². The van der Waals surface area contributed by atoms with Crippen molar-refractivity contribution in [3.63, 3.8) is 0 Å². The molecule has 2 aromatic heterocycles. The maximum Gasteiger partial charge on any atom is 1.00 e. The summed E-state index contributed by atoms with van der Waals surface area (Å²) in [7, 11) is -5.24. The van der Waals surface area contributed by atoms with E-state index in [1.807, 2.05) is 0 Å². The van der Waals surface area contributed by atoms with Crippen molar-refractivity contribution in [1.29, 1.82) is 0 Å². The van der Waals surface area contributed by atoms with Gasteiger partial charge in [0.15, 0.2) is 17.4 Å². The Morgan fingerprint density at radius 3 is 2.58 bits per heavy atom. The van der Waals surface area contributed by atoms with Crippen LogP contribution in [-0.4, -0.2) is 60.1 Å². The van der Waals surface area contributed by atoms with Crippen LogP contribution in [0.15, 0.2) is 17.4 Å². The minimum atomic E-state index is -5.24. The molecule has 3 heterocycles. The van der Waals surface area contributed by atoms with Crippen LogP contribution in [0.4, 0.5) is 0 Å². The standard InChI is InChI=1S/C10H13N4O8P.2Na.H2O/c15-6-4(1-21-23(18,19)20)22-10(7(6)16)14-3-13-5-8(14)11-2-12-9(5)17;;;/h2-4,6-7,10,15-16H,1H2,(H,11,12,17)(H2,18,19,20);;;1H2/q;2*+1;/p-2/t4-,6?,7+,10-;;;/m1.../s1. The molecule has 3 rings (SSSR count). The molecule has 5 N–H and O–H groups in total. The second kappa shape index (κ2) is 10.2. The zero-order valence-electron chi connectivity index (χ0n) is 13.8. The van der Waals surface area contributed by atoms with Gasteiger partial charge in [-0.3, -0.25) is 9.36 Å². The molecule has 13 nitrogen and oxygen atoms in total. The summed E-state index contributed by atoms with van der Waals surface area (Å²) < 4.78 is 21.1. The third-order valence-electron chi connectivity index (χ3n) is 3.37. The van der Waals surface area contributed by atoms with E-state index in [1.54, 1.807) is 0 Å². The zero-order valence-corrected chi connectivity index (χ0v) is 18.7. The summed E-state index contributed by atoms with van der Waals surface area (Å²) in [6, 6.07) is 0. The van der Waals surface area contributed by atoms with Crippen molar-refractivity contribution >= 4 is 19.0 Å². The second-order valence-corrected chi connectivity index (χ2v) is 6.00. The van der Waals surface area contributed by atoms with E-state index in [4.69, 9.17) is 4.74 Å². The third-order valence-corrected chi connectivity index (χ3v) is 3.84. The van der Waals surface area contributed by atoms with Gasteiger partial charge in [-0.05, 0) is 0 Å². The Hall–Kier alpha value is 0.300. The second-order valence-electron chi connectivity index (χ2n) is 4.84. The third kappa shape index (κ3) is 5.43. The number of nitrogens with zero attached hydrogens (tertiary/aromatic N) is 3. The van der Waals surface area contributed by atoms with Crippen molar-refractivity contribution in [2.24, 2.45) is 0 Å². The molecule has 16 heteroatoms. The number of hydrogen-bond donors (Lipinski definition) is 3. The van der Waals surface area contributed by atoms with Gasteiger partial charge in [-0.2, -0.15) is 0 Å². The molecule has 134 valence electrons. The molecule has 4 atom stereocenters. The quantitative estimate of drug-likeness (QED) is 0.319. The molecule has 1 fully saturated rings. The Balaban J connectivity index is 0.00000208. The number of nitrogens with one attached hydrogen (secondary N) is 1. The number of aliphatic hydroxyl groups excluding tert-OH is 2. The molecule has 1 aliphatic heterocycles. The molecule has 2 aromatic rings. The van der Waals surface area contributed by atoms with Gasteiger partial charge in [0.05, 0.1) is 27.1 Å². The molecule has 0 radical (unpaired) electrons. The number of ether oxygens (including phenoxy) is 1. The number of fused-ring (bicyclic) bond motifs is 1. The van der Waals surface area contributed by atoms with Gasteiger partial charge in [-0.1, -0.05) is 0 Å². The summed E-state index contributed by atoms with van der Waals surface area (Å²) >= 11 is 0. The van der Waals surface area contributed by atoms with Gasteiger partial charge in [0.1, 0.15) is 18.3 Å². The fraction of sp³-hybridized carbons (Fsp3) is 0.500. The van der Waals surface area contributed by atoms with E-state index in [0.717, 1.165) is 6.33 Å². The largest absolute Gasteiger partial charge is 1.00 e. The molecule has 26 heavy (non-hydrogen) atoms. The smallest absolute Gasteiger partial charge is 0.790 e. The molecule has 0 amide bonds. The first-order valence-electron chi connectivity index (χ1n) is 6.36. The monoisotopic (exact) mass is 410 g/mol. The maximum absolute atomic E-state index is 11.6. The summed E-state index contributed by atoms with van der Waals surface area (Å²) in [6.45, 7) is -0.750.